The molecule has 0 bridgehead atoms. The highest BCUT2D eigenvalue weighted by Gasteiger charge is 2.51. The molecule has 27 heavy (non-hydrogen) atoms. The summed E-state index contributed by atoms with van der Waals surface area (Å²) in [5, 5.41) is 0. The van der Waals surface area contributed by atoms with E-state index < -0.39 is 0 Å². The normalized spacial score (nSPS) is 25.0. The van der Waals surface area contributed by atoms with Gasteiger partial charge < -0.3 is 0 Å². The fourth-order valence-corrected chi connectivity index (χ4v) is 4.93. The maximum atomic E-state index is 13.4. The van der Waals surface area contributed by atoms with Gasteiger partial charge in [0.15, 0.2) is 0 Å². The van der Waals surface area contributed by atoms with Gasteiger partial charge in [0.25, 0.3) is 0 Å². The van der Waals surface area contributed by atoms with Gasteiger partial charge in [0, 0.05) is 0 Å². The smallest absolute Gasteiger partial charge is 0.237 e. The van der Waals surface area contributed by atoms with Crippen LogP contribution in [0.3, 0.4) is 0 Å². The Morgan fingerprint density at radius 1 is 0.815 bits per heavy atom. The van der Waals surface area contributed by atoms with Crippen LogP contribution in [0.1, 0.15) is 55.7 Å². The van der Waals surface area contributed by atoms with Gasteiger partial charge in [-0.1, -0.05) is 62.4 Å². The first-order chi connectivity index (χ1) is 13.2. The zero-order chi connectivity index (χ0) is 19.0. The second-order valence-electron chi connectivity index (χ2n) is 7.78. The summed E-state index contributed by atoms with van der Waals surface area (Å²) < 4.78 is 0. The van der Waals surface area contributed by atoms with Crippen LogP contribution in [0.25, 0.3) is 0 Å². The van der Waals surface area contributed by atoms with E-state index in [0.717, 1.165) is 48.9 Å². The van der Waals surface area contributed by atoms with E-state index in [4.69, 9.17) is 0 Å². The predicted octanol–water partition coefficient (Wildman–Crippen LogP) is 4.88. The number of imide groups is 1. The molecule has 1 aliphatic carbocycles. The molecule has 0 unspecified atom stereocenters. The number of nitrogens with zero attached hydrogens (tertiary/aromatic N) is 1. The zero-order valence-electron chi connectivity index (χ0n) is 16.2. The minimum atomic E-state index is -0.175. The number of amides is 2. The number of fused-ring (bicyclic) bond motifs is 1. The van der Waals surface area contributed by atoms with Crippen molar-refractivity contribution in [2.45, 2.75) is 51.9 Å². The van der Waals surface area contributed by atoms with Crippen molar-refractivity contribution in [3.8, 4) is 0 Å². The number of anilines is 1. The van der Waals surface area contributed by atoms with Gasteiger partial charge in [0.1, 0.15) is 0 Å². The molecule has 1 aliphatic heterocycles. The van der Waals surface area contributed by atoms with E-state index in [1.807, 2.05) is 24.3 Å². The molecule has 2 aromatic carbocycles. The van der Waals surface area contributed by atoms with E-state index in [1.54, 1.807) is 4.90 Å². The molecule has 0 radical (unpaired) electrons. The van der Waals surface area contributed by atoms with Crippen LogP contribution in [-0.2, 0) is 22.4 Å². The minimum absolute atomic E-state index is 0.0150. The summed E-state index contributed by atoms with van der Waals surface area (Å²) in [6, 6.07) is 16.5. The lowest BCUT2D eigenvalue weighted by Gasteiger charge is -2.28. The maximum Gasteiger partial charge on any atom is 0.237 e. The van der Waals surface area contributed by atoms with Gasteiger partial charge in [-0.2, -0.15) is 0 Å². The number of rotatable bonds is 4. The number of para-hydroxylation sites is 1. The summed E-state index contributed by atoms with van der Waals surface area (Å²) in [6.07, 6.45) is 4.21. The standard InChI is InChI=1S/C24H27NO2/c1-3-16-11-8-12-17(4-2)22(16)25-23(26)20-14-13-19(15-21(20)24(25)27)18-9-6-5-7-10-18/h5-12,19-21H,3-4,13-15H2,1-2H3/t19-,20-,21-/m0/s1. The van der Waals surface area contributed by atoms with E-state index in [2.05, 4.69) is 38.1 Å². The Hall–Kier alpha value is -2.42. The van der Waals surface area contributed by atoms with Crippen LogP contribution >= 0.6 is 0 Å². The number of benzene rings is 2. The molecule has 2 aromatic rings. The minimum Gasteiger partial charge on any atom is -0.274 e. The monoisotopic (exact) mass is 361 g/mol. The number of hydrogen-bond donors (Lipinski definition) is 0. The summed E-state index contributed by atoms with van der Waals surface area (Å²) in [5.41, 5.74) is 4.34. The molecule has 2 amide bonds. The van der Waals surface area contributed by atoms with E-state index in [0.29, 0.717) is 5.92 Å². The SMILES string of the molecule is CCc1cccc(CC)c1N1C(=O)[C@H]2CC[C@H](c3ccccc3)C[C@@H]2C1=O. The van der Waals surface area contributed by atoms with Crippen molar-refractivity contribution >= 4 is 17.5 Å². The van der Waals surface area contributed by atoms with Gasteiger partial charge in [-0.15, -0.1) is 0 Å². The Kier molecular flexibility index (Phi) is 4.86. The van der Waals surface area contributed by atoms with Gasteiger partial charge >= 0.3 is 0 Å². The van der Waals surface area contributed by atoms with Crippen LogP contribution in [0.2, 0.25) is 0 Å². The first kappa shape index (κ1) is 18.0. The Bertz CT molecular complexity index is 836. The highest BCUT2D eigenvalue weighted by atomic mass is 16.2. The molecule has 0 N–H and O–H groups in total. The van der Waals surface area contributed by atoms with Crippen LogP contribution in [0.15, 0.2) is 48.5 Å². The summed E-state index contributed by atoms with van der Waals surface area (Å²) in [5.74, 6) is 0.0858. The Morgan fingerprint density at radius 3 is 2.07 bits per heavy atom. The summed E-state index contributed by atoms with van der Waals surface area (Å²) in [6.45, 7) is 4.17. The molecule has 0 aromatic heterocycles. The third-order valence-electron chi connectivity index (χ3n) is 6.38. The first-order valence-electron chi connectivity index (χ1n) is 10.2. The van der Waals surface area contributed by atoms with Crippen molar-refractivity contribution in [1.29, 1.82) is 0 Å². The summed E-state index contributed by atoms with van der Waals surface area (Å²) in [7, 11) is 0. The highest BCUT2D eigenvalue weighted by Crippen LogP contribution is 2.46. The van der Waals surface area contributed by atoms with Crippen LogP contribution in [-0.4, -0.2) is 11.8 Å². The third kappa shape index (κ3) is 2.99. The van der Waals surface area contributed by atoms with E-state index in [1.165, 1.54) is 5.56 Å². The fourth-order valence-electron chi connectivity index (χ4n) is 4.93. The molecular formula is C24H27NO2. The van der Waals surface area contributed by atoms with Gasteiger partial charge in [0.05, 0.1) is 17.5 Å². The molecule has 3 nitrogen and oxygen atoms in total. The number of aryl methyl sites for hydroxylation is 2. The molecule has 2 aliphatic rings. The summed E-state index contributed by atoms with van der Waals surface area (Å²) >= 11 is 0. The largest absolute Gasteiger partial charge is 0.274 e. The molecule has 140 valence electrons. The lowest BCUT2D eigenvalue weighted by molar-refractivity contribution is -0.122. The van der Waals surface area contributed by atoms with Crippen molar-refractivity contribution < 1.29 is 9.59 Å². The Balaban J connectivity index is 1.68. The van der Waals surface area contributed by atoms with Crippen LogP contribution in [0.4, 0.5) is 5.69 Å². The van der Waals surface area contributed by atoms with E-state index in [-0.39, 0.29) is 23.7 Å². The van der Waals surface area contributed by atoms with Gasteiger partial charge in [-0.05, 0) is 54.7 Å². The molecule has 3 heteroatoms. The third-order valence-corrected chi connectivity index (χ3v) is 6.38. The van der Waals surface area contributed by atoms with E-state index in [9.17, 15) is 9.59 Å². The number of carbonyl (C=O) groups excluding carboxylic acids is 2. The second kappa shape index (κ2) is 7.30. The van der Waals surface area contributed by atoms with E-state index >= 15 is 0 Å². The molecule has 1 saturated heterocycles. The lowest BCUT2D eigenvalue weighted by atomic mass is 9.73. The fraction of sp³-hybridized carbons (Fsp3) is 0.417. The average molecular weight is 361 g/mol. The second-order valence-corrected chi connectivity index (χ2v) is 7.78. The van der Waals surface area contributed by atoms with Crippen molar-refractivity contribution in [2.24, 2.45) is 11.8 Å². The quantitative estimate of drug-likeness (QED) is 0.728. The molecule has 1 saturated carbocycles. The Morgan fingerprint density at radius 2 is 1.44 bits per heavy atom. The topological polar surface area (TPSA) is 37.4 Å². The first-order valence-corrected chi connectivity index (χ1v) is 10.2. The highest BCUT2D eigenvalue weighted by molar-refractivity contribution is 6.22. The number of hydrogen-bond acceptors (Lipinski definition) is 2. The van der Waals surface area contributed by atoms with Crippen LogP contribution in [0.5, 0.6) is 0 Å². The van der Waals surface area contributed by atoms with Crippen LogP contribution < -0.4 is 4.90 Å². The maximum absolute atomic E-state index is 13.4. The van der Waals surface area contributed by atoms with Crippen LogP contribution in [0, 0.1) is 11.8 Å². The molecular weight excluding hydrogens is 334 g/mol. The van der Waals surface area contributed by atoms with Gasteiger partial charge in [-0.3, -0.25) is 9.59 Å². The summed E-state index contributed by atoms with van der Waals surface area (Å²) in [4.78, 5) is 28.1. The Labute approximate surface area is 161 Å². The molecule has 1 heterocycles. The van der Waals surface area contributed by atoms with Gasteiger partial charge in [0.2, 0.25) is 11.8 Å². The van der Waals surface area contributed by atoms with Crippen molar-refractivity contribution in [1.82, 2.24) is 0 Å². The van der Waals surface area contributed by atoms with Crippen molar-refractivity contribution in [3.63, 3.8) is 0 Å². The lowest BCUT2D eigenvalue weighted by Crippen LogP contribution is -2.32. The number of carbonyl (C=O) groups is 2. The molecule has 3 atom stereocenters. The predicted molar refractivity (Wildman–Crippen MR) is 108 cm³/mol. The van der Waals surface area contributed by atoms with Crippen molar-refractivity contribution in [3.05, 3.63) is 65.2 Å². The van der Waals surface area contributed by atoms with Crippen molar-refractivity contribution in [2.75, 3.05) is 4.90 Å². The van der Waals surface area contributed by atoms with Gasteiger partial charge in [-0.25, -0.2) is 4.90 Å². The average Bonchev–Trinajstić information content (AvgIpc) is 2.97. The molecule has 4 rings (SSSR count). The molecule has 0 spiro atoms. The zero-order valence-corrected chi connectivity index (χ0v) is 16.2. The molecule has 2 fully saturated rings.